The predicted octanol–water partition coefficient (Wildman–Crippen LogP) is 1.76. The summed E-state index contributed by atoms with van der Waals surface area (Å²) in [6.07, 6.45) is 8.61. The number of rotatable bonds is 6. The van der Waals surface area contributed by atoms with Gasteiger partial charge in [-0.05, 0) is 12.8 Å². The molecule has 0 unspecified atom stereocenters. The molecule has 6 nitrogen and oxygen atoms in total. The average molecular weight is 357 g/mol. The summed E-state index contributed by atoms with van der Waals surface area (Å²) in [6.45, 7) is 3.81. The quantitative estimate of drug-likeness (QED) is 0.537. The van der Waals surface area contributed by atoms with Crippen LogP contribution in [0.5, 0.6) is 0 Å². The van der Waals surface area contributed by atoms with Crippen LogP contribution in [0.3, 0.4) is 0 Å². The van der Waals surface area contributed by atoms with Gasteiger partial charge in [-0.15, -0.1) is 10.2 Å². The molecule has 0 spiro atoms. The topological polar surface area (TPSA) is 71.3 Å². The third-order valence-electron chi connectivity index (χ3n) is 4.56. The van der Waals surface area contributed by atoms with Gasteiger partial charge in [0.25, 0.3) is 0 Å². The second-order valence-electron chi connectivity index (χ2n) is 6.36. The lowest BCUT2D eigenvalue weighted by Gasteiger charge is -2.22. The van der Waals surface area contributed by atoms with Crippen molar-refractivity contribution in [3.8, 4) is 0 Å². The van der Waals surface area contributed by atoms with Crippen LogP contribution >= 0.6 is 23.1 Å². The van der Waals surface area contributed by atoms with Gasteiger partial charge in [-0.1, -0.05) is 42.4 Å². The largest absolute Gasteiger partial charge is 0.335 e. The van der Waals surface area contributed by atoms with Crippen LogP contribution in [0.1, 0.15) is 44.9 Å². The number of quaternary nitrogens is 1. The number of hydrogen-bond donors (Lipinski definition) is 3. The molecule has 2 heterocycles. The number of likely N-dealkylation sites (tertiary alicyclic amines) is 1. The fourth-order valence-corrected chi connectivity index (χ4v) is 5.15. The molecule has 1 aromatic heterocycles. The Labute approximate surface area is 145 Å². The zero-order valence-electron chi connectivity index (χ0n) is 13.5. The number of nitrogens with zero attached hydrogens (tertiary/aromatic N) is 2. The van der Waals surface area contributed by atoms with Gasteiger partial charge in [0.1, 0.15) is 0 Å². The Bertz CT molecular complexity index is 498. The highest BCUT2D eigenvalue weighted by Gasteiger charge is 2.17. The van der Waals surface area contributed by atoms with Crippen LogP contribution in [0.15, 0.2) is 4.34 Å². The maximum atomic E-state index is 12.0. The number of anilines is 1. The molecule has 2 amide bonds. The lowest BCUT2D eigenvalue weighted by Crippen LogP contribution is -3.10. The molecule has 1 saturated carbocycles. The van der Waals surface area contributed by atoms with Crippen molar-refractivity contribution in [1.29, 1.82) is 0 Å². The Morgan fingerprint density at radius 3 is 2.74 bits per heavy atom. The molecular weight excluding hydrogens is 330 g/mol. The number of urea groups is 1. The molecule has 128 valence electrons. The Hall–Kier alpha value is -0.860. The zero-order valence-corrected chi connectivity index (χ0v) is 15.1. The van der Waals surface area contributed by atoms with Crippen LogP contribution in [-0.4, -0.2) is 47.7 Å². The third kappa shape index (κ3) is 5.61. The summed E-state index contributed by atoms with van der Waals surface area (Å²) in [5, 5.41) is 14.7. The molecule has 23 heavy (non-hydrogen) atoms. The molecule has 0 radical (unpaired) electrons. The van der Waals surface area contributed by atoms with E-state index in [1.54, 1.807) is 16.7 Å². The highest BCUT2D eigenvalue weighted by molar-refractivity contribution is 8.01. The van der Waals surface area contributed by atoms with E-state index >= 15 is 0 Å². The van der Waals surface area contributed by atoms with E-state index in [1.165, 1.54) is 63.1 Å². The fourth-order valence-electron chi connectivity index (χ4n) is 3.29. The summed E-state index contributed by atoms with van der Waals surface area (Å²) in [7, 11) is 0. The summed E-state index contributed by atoms with van der Waals surface area (Å²) in [6, 6.07) is 0.167. The molecule has 3 N–H and O–H groups in total. The average Bonchev–Trinajstić information content (AvgIpc) is 3.20. The van der Waals surface area contributed by atoms with Gasteiger partial charge in [0, 0.05) is 24.6 Å². The van der Waals surface area contributed by atoms with Crippen molar-refractivity contribution in [1.82, 2.24) is 15.5 Å². The van der Waals surface area contributed by atoms with Crippen molar-refractivity contribution in [2.75, 3.05) is 30.7 Å². The molecule has 1 aliphatic carbocycles. The van der Waals surface area contributed by atoms with Crippen molar-refractivity contribution in [2.24, 2.45) is 0 Å². The first-order valence-electron chi connectivity index (χ1n) is 8.67. The van der Waals surface area contributed by atoms with Crippen LogP contribution in [0.2, 0.25) is 0 Å². The molecular formula is C15H26N5OS2+. The van der Waals surface area contributed by atoms with Gasteiger partial charge in [-0.3, -0.25) is 5.32 Å². The van der Waals surface area contributed by atoms with Crippen molar-refractivity contribution in [3.05, 3.63) is 0 Å². The zero-order chi connectivity index (χ0) is 15.9. The van der Waals surface area contributed by atoms with E-state index in [9.17, 15) is 4.79 Å². The second kappa shape index (κ2) is 8.84. The van der Waals surface area contributed by atoms with E-state index in [0.29, 0.717) is 11.2 Å². The van der Waals surface area contributed by atoms with Gasteiger partial charge in [0.05, 0.1) is 19.6 Å². The summed E-state index contributed by atoms with van der Waals surface area (Å²) in [4.78, 5) is 13.7. The van der Waals surface area contributed by atoms with Gasteiger partial charge in [-0.25, -0.2) is 4.79 Å². The maximum Gasteiger partial charge on any atom is 0.321 e. The smallest absolute Gasteiger partial charge is 0.321 e. The molecule has 0 aromatic carbocycles. The number of nitrogens with one attached hydrogen (secondary N) is 3. The van der Waals surface area contributed by atoms with Crippen LogP contribution in [-0.2, 0) is 0 Å². The predicted molar refractivity (Wildman–Crippen MR) is 94.5 cm³/mol. The summed E-state index contributed by atoms with van der Waals surface area (Å²) >= 11 is 3.21. The van der Waals surface area contributed by atoms with Gasteiger partial charge < -0.3 is 10.2 Å². The second-order valence-corrected chi connectivity index (χ2v) is 8.68. The van der Waals surface area contributed by atoms with Crippen LogP contribution in [0.25, 0.3) is 0 Å². The molecule has 8 heteroatoms. The lowest BCUT2D eigenvalue weighted by atomic mass is 9.96. The van der Waals surface area contributed by atoms with E-state index in [1.807, 2.05) is 0 Å². The molecule has 1 aromatic rings. The Kier molecular flexibility index (Phi) is 6.53. The Morgan fingerprint density at radius 1 is 1.17 bits per heavy atom. The summed E-state index contributed by atoms with van der Waals surface area (Å²) in [5.74, 6) is 1.07. The molecule has 0 bridgehead atoms. The number of aromatic nitrogens is 2. The van der Waals surface area contributed by atoms with Crippen molar-refractivity contribution < 1.29 is 9.69 Å². The van der Waals surface area contributed by atoms with Crippen LogP contribution in [0.4, 0.5) is 9.93 Å². The highest BCUT2D eigenvalue weighted by atomic mass is 32.2. The number of thioether (sulfide) groups is 1. The summed E-state index contributed by atoms with van der Waals surface area (Å²) < 4.78 is 0.941. The van der Waals surface area contributed by atoms with Gasteiger partial charge >= 0.3 is 6.03 Å². The Balaban J connectivity index is 1.36. The molecule has 0 atom stereocenters. The van der Waals surface area contributed by atoms with Crippen molar-refractivity contribution >= 4 is 34.3 Å². The van der Waals surface area contributed by atoms with E-state index in [2.05, 4.69) is 20.8 Å². The fraction of sp³-hybridized carbons (Fsp3) is 0.800. The number of carbonyl (C=O) groups is 1. The summed E-state index contributed by atoms with van der Waals surface area (Å²) in [5.41, 5.74) is 0. The third-order valence-corrected chi connectivity index (χ3v) is 6.53. The van der Waals surface area contributed by atoms with E-state index in [-0.39, 0.29) is 6.03 Å². The molecule has 1 saturated heterocycles. The lowest BCUT2D eigenvalue weighted by molar-refractivity contribution is -0.884. The SMILES string of the molecule is O=C(Nc1nnc(SCC[NH+]2CCCC2)s1)NC1CCCCC1. The molecule has 2 aliphatic rings. The van der Waals surface area contributed by atoms with Crippen LogP contribution < -0.4 is 15.5 Å². The minimum absolute atomic E-state index is 0.147. The molecule has 3 rings (SSSR count). The normalized spacial score (nSPS) is 19.8. The highest BCUT2D eigenvalue weighted by Crippen LogP contribution is 2.25. The van der Waals surface area contributed by atoms with Crippen molar-refractivity contribution in [3.63, 3.8) is 0 Å². The number of amides is 2. The standard InChI is InChI=1S/C15H25N5OS2/c21-13(16-12-6-2-1-3-7-12)17-14-18-19-15(23-14)22-11-10-20-8-4-5-9-20/h12H,1-11H2,(H2,16,17,18,21)/p+1. The minimum atomic E-state index is -0.147. The van der Waals surface area contributed by atoms with Gasteiger partial charge in [0.2, 0.25) is 5.13 Å². The van der Waals surface area contributed by atoms with Gasteiger partial charge in [-0.2, -0.15) is 0 Å². The van der Waals surface area contributed by atoms with E-state index in [0.717, 1.165) is 22.9 Å². The first-order valence-corrected chi connectivity index (χ1v) is 10.5. The number of hydrogen-bond acceptors (Lipinski definition) is 5. The van der Waals surface area contributed by atoms with Gasteiger partial charge in [0.15, 0.2) is 4.34 Å². The van der Waals surface area contributed by atoms with E-state index in [4.69, 9.17) is 0 Å². The maximum absolute atomic E-state index is 12.0. The van der Waals surface area contributed by atoms with E-state index < -0.39 is 0 Å². The van der Waals surface area contributed by atoms with Crippen LogP contribution in [0, 0.1) is 0 Å². The first kappa shape index (κ1) is 17.0. The minimum Gasteiger partial charge on any atom is -0.335 e. The Morgan fingerprint density at radius 2 is 1.96 bits per heavy atom. The first-order chi connectivity index (χ1) is 11.3. The molecule has 2 fully saturated rings. The number of carbonyl (C=O) groups excluding carboxylic acids is 1. The van der Waals surface area contributed by atoms with Crippen molar-refractivity contribution in [2.45, 2.75) is 55.3 Å². The molecule has 1 aliphatic heterocycles. The monoisotopic (exact) mass is 356 g/mol.